The van der Waals surface area contributed by atoms with Gasteiger partial charge in [0.2, 0.25) is 5.76 Å². The van der Waals surface area contributed by atoms with Gasteiger partial charge in [-0.3, -0.25) is 4.90 Å². The van der Waals surface area contributed by atoms with Crippen LogP contribution >= 0.6 is 0 Å². The Balaban J connectivity index is 1.23. The Kier molecular flexibility index (Phi) is 18.4. The van der Waals surface area contributed by atoms with Crippen LogP contribution in [0.4, 0.5) is 18.4 Å². The number of furan rings is 1. The number of halogens is 2. The predicted octanol–water partition coefficient (Wildman–Crippen LogP) is 9.27. The zero-order valence-corrected chi connectivity index (χ0v) is 39.3. The van der Waals surface area contributed by atoms with Crippen LogP contribution in [-0.2, 0) is 44.4 Å². The van der Waals surface area contributed by atoms with Crippen molar-refractivity contribution in [2.75, 3.05) is 13.3 Å². The largest absolute Gasteiger partial charge is 0.486 e. The number of ether oxygens (including phenoxy) is 7. The Labute approximate surface area is 390 Å². The second-order valence-electron chi connectivity index (χ2n) is 18.6. The van der Waals surface area contributed by atoms with E-state index in [-0.39, 0.29) is 56.0 Å². The Morgan fingerprint density at radius 1 is 0.866 bits per heavy atom. The maximum Gasteiger partial charge on any atom is 0.412 e. The molecule has 2 fully saturated rings. The molecule has 8 atom stereocenters. The van der Waals surface area contributed by atoms with Crippen molar-refractivity contribution >= 4 is 30.1 Å². The lowest BCUT2D eigenvalue weighted by Gasteiger charge is -2.33. The predicted molar refractivity (Wildman–Crippen MR) is 240 cm³/mol. The molecule has 2 saturated heterocycles. The fourth-order valence-corrected chi connectivity index (χ4v) is 8.09. The standard InChI is InChI=1S/C50H64F2N2O13/c1-9-33-16-13-20-39(44(55)62-31(2)42(33)64-37-18-11-10-12-19-37)53-47(58)66-50(7,8)25-27-60-30-54(48(59)67-49(4,5)6)40-21-14-17-35(28-34-23-24-36(51)29-38(34)52)43(32(3)63-45(40)56)65-46(57)41-22-15-26-61-41/h9-12,15,18-19,22-24,26,29,31-33,35,39-40,42-43H,1,13-14,16-17,20-21,25,27-28,30H2,2-8H3,(H,53,58). The first-order valence-electron chi connectivity index (χ1n) is 22.7. The van der Waals surface area contributed by atoms with E-state index in [1.807, 2.05) is 30.3 Å². The molecule has 3 aromatic rings. The van der Waals surface area contributed by atoms with Gasteiger partial charge in [0.15, 0.2) is 0 Å². The molecule has 17 heteroatoms. The smallest absolute Gasteiger partial charge is 0.412 e. The number of carbonyl (C=O) groups excluding carboxylic acids is 5. The molecule has 0 saturated carbocycles. The van der Waals surface area contributed by atoms with E-state index in [0.717, 1.165) is 17.0 Å². The number of hydrogen-bond acceptors (Lipinski definition) is 13. The molecule has 8 unspecified atom stereocenters. The third kappa shape index (κ3) is 15.5. The molecule has 0 aliphatic carbocycles. The number of hydrogen-bond donors (Lipinski definition) is 1. The van der Waals surface area contributed by atoms with Crippen molar-refractivity contribution in [3.8, 4) is 5.75 Å². The Morgan fingerprint density at radius 3 is 2.24 bits per heavy atom. The van der Waals surface area contributed by atoms with Crippen LogP contribution in [0.25, 0.3) is 0 Å². The molecule has 0 bridgehead atoms. The molecule has 0 spiro atoms. The number of amides is 2. The highest BCUT2D eigenvalue weighted by atomic mass is 19.1. The van der Waals surface area contributed by atoms with Gasteiger partial charge in [0.25, 0.3) is 0 Å². The summed E-state index contributed by atoms with van der Waals surface area (Å²) < 4.78 is 75.3. The van der Waals surface area contributed by atoms with Crippen molar-refractivity contribution in [3.63, 3.8) is 0 Å². The SMILES string of the molecule is C=CC1CCCC(NC(=O)OC(C)(C)CCOCN(C(=O)OC(C)(C)C)C2CCCC(Cc3ccc(F)cc3F)C(OC(=O)c3ccco3)C(C)OC2=O)C(=O)OC(C)C1Oc1ccccc1. The first kappa shape index (κ1) is 52.0. The summed E-state index contributed by atoms with van der Waals surface area (Å²) in [6, 6.07) is 13.1. The topological polar surface area (TPSA) is 178 Å². The van der Waals surface area contributed by atoms with Gasteiger partial charge in [-0.1, -0.05) is 43.2 Å². The number of benzene rings is 2. The van der Waals surface area contributed by atoms with Crippen LogP contribution in [0.15, 0.2) is 84.0 Å². The van der Waals surface area contributed by atoms with E-state index in [2.05, 4.69) is 11.9 Å². The minimum atomic E-state index is -1.23. The number of alkyl carbamates (subject to hydrolysis) is 1. The van der Waals surface area contributed by atoms with E-state index in [1.165, 1.54) is 31.4 Å². The molecule has 1 N–H and O–H groups in total. The van der Waals surface area contributed by atoms with Gasteiger partial charge in [0, 0.05) is 24.3 Å². The van der Waals surface area contributed by atoms with Gasteiger partial charge in [-0.2, -0.15) is 0 Å². The van der Waals surface area contributed by atoms with Crippen LogP contribution in [0, 0.1) is 23.5 Å². The molecular weight excluding hydrogens is 875 g/mol. The average Bonchev–Trinajstić information content (AvgIpc) is 3.82. The summed E-state index contributed by atoms with van der Waals surface area (Å²) in [5, 5.41) is 2.66. The van der Waals surface area contributed by atoms with E-state index >= 15 is 0 Å². The van der Waals surface area contributed by atoms with E-state index < -0.39 is 102 Å². The molecule has 366 valence electrons. The fraction of sp³-hybridized carbons (Fsp3) is 0.540. The van der Waals surface area contributed by atoms with E-state index in [9.17, 15) is 32.8 Å². The lowest BCUT2D eigenvalue weighted by atomic mass is 9.86. The monoisotopic (exact) mass is 938 g/mol. The Bertz CT molecular complexity index is 2130. The second-order valence-corrected chi connectivity index (χ2v) is 18.6. The number of esters is 3. The summed E-state index contributed by atoms with van der Waals surface area (Å²) in [5.41, 5.74) is -1.92. The van der Waals surface area contributed by atoms with Crippen molar-refractivity contribution in [3.05, 3.63) is 103 Å². The molecule has 2 aliphatic heterocycles. The molecule has 67 heavy (non-hydrogen) atoms. The summed E-state index contributed by atoms with van der Waals surface area (Å²) in [6.45, 7) is 15.1. The van der Waals surface area contributed by atoms with Gasteiger partial charge in [-0.15, -0.1) is 6.58 Å². The van der Waals surface area contributed by atoms with Crippen LogP contribution in [0.3, 0.4) is 0 Å². The zero-order chi connectivity index (χ0) is 48.9. The van der Waals surface area contributed by atoms with E-state index in [0.29, 0.717) is 25.0 Å². The lowest BCUT2D eigenvalue weighted by molar-refractivity contribution is -0.163. The van der Waals surface area contributed by atoms with Crippen LogP contribution in [-0.4, -0.2) is 96.0 Å². The Hall–Kier alpha value is -5.97. The van der Waals surface area contributed by atoms with E-state index in [4.69, 9.17) is 37.6 Å². The van der Waals surface area contributed by atoms with Gasteiger partial charge in [-0.25, -0.2) is 32.8 Å². The number of rotatable bonds is 15. The first-order valence-corrected chi connectivity index (χ1v) is 22.7. The highest BCUT2D eigenvalue weighted by Gasteiger charge is 2.41. The maximum atomic E-state index is 15.0. The number of para-hydroxylation sites is 1. The van der Waals surface area contributed by atoms with Crippen molar-refractivity contribution in [2.45, 2.75) is 148 Å². The number of carbonyl (C=O) groups is 5. The summed E-state index contributed by atoms with van der Waals surface area (Å²) in [5.74, 6) is -4.02. The highest BCUT2D eigenvalue weighted by Crippen LogP contribution is 2.32. The van der Waals surface area contributed by atoms with Crippen LogP contribution < -0.4 is 10.1 Å². The van der Waals surface area contributed by atoms with Crippen molar-refractivity contribution in [2.24, 2.45) is 11.8 Å². The molecule has 1 aromatic heterocycles. The van der Waals surface area contributed by atoms with Crippen LogP contribution in [0.2, 0.25) is 0 Å². The third-order valence-electron chi connectivity index (χ3n) is 11.6. The second kappa shape index (κ2) is 23.7. The fourth-order valence-electron chi connectivity index (χ4n) is 8.09. The van der Waals surface area contributed by atoms with Gasteiger partial charge in [0.05, 0.1) is 12.9 Å². The normalized spacial score (nSPS) is 24.1. The summed E-state index contributed by atoms with van der Waals surface area (Å²) in [6.07, 6.45) is 0.256. The van der Waals surface area contributed by atoms with Crippen molar-refractivity contribution in [1.82, 2.24) is 10.2 Å². The quantitative estimate of drug-likeness (QED) is 0.0502. The molecular formula is C50H64F2N2O13. The van der Waals surface area contributed by atoms with Crippen LogP contribution in [0.5, 0.6) is 5.75 Å². The first-order chi connectivity index (χ1) is 31.7. The molecule has 2 amide bonds. The average molecular weight is 939 g/mol. The summed E-state index contributed by atoms with van der Waals surface area (Å²) in [4.78, 5) is 68.8. The highest BCUT2D eigenvalue weighted by molar-refractivity contribution is 5.86. The molecule has 0 radical (unpaired) electrons. The molecule has 15 nitrogen and oxygen atoms in total. The number of cyclic esters (lactones) is 2. The molecule has 2 aromatic carbocycles. The minimum Gasteiger partial charge on any atom is -0.486 e. The minimum absolute atomic E-state index is 0.00861. The van der Waals surface area contributed by atoms with Gasteiger partial charge in [-0.05, 0) is 116 Å². The lowest BCUT2D eigenvalue weighted by Crippen LogP contribution is -2.50. The van der Waals surface area contributed by atoms with Crippen molar-refractivity contribution in [1.29, 1.82) is 0 Å². The Morgan fingerprint density at radius 2 is 1.57 bits per heavy atom. The molecule has 2 aliphatic rings. The maximum absolute atomic E-state index is 15.0. The summed E-state index contributed by atoms with van der Waals surface area (Å²) in [7, 11) is 0. The number of nitrogens with one attached hydrogen (secondary N) is 1. The van der Waals surface area contributed by atoms with Gasteiger partial charge < -0.3 is 42.9 Å². The van der Waals surface area contributed by atoms with E-state index in [1.54, 1.807) is 47.6 Å². The zero-order valence-electron chi connectivity index (χ0n) is 39.3. The molecule has 5 rings (SSSR count). The number of nitrogens with zero attached hydrogens (tertiary/aromatic N) is 1. The van der Waals surface area contributed by atoms with Crippen LogP contribution in [0.1, 0.15) is 110 Å². The van der Waals surface area contributed by atoms with Gasteiger partial charge >= 0.3 is 30.1 Å². The molecule has 3 heterocycles. The van der Waals surface area contributed by atoms with Gasteiger partial charge in [0.1, 0.15) is 71.8 Å². The summed E-state index contributed by atoms with van der Waals surface area (Å²) >= 11 is 0. The van der Waals surface area contributed by atoms with Crippen molar-refractivity contribution < 1.29 is 70.3 Å². The third-order valence-corrected chi connectivity index (χ3v) is 11.6.